The maximum absolute atomic E-state index is 13.4. The van der Waals surface area contributed by atoms with Crippen molar-refractivity contribution < 1.29 is 14.3 Å². The number of phenols is 1. The fourth-order valence-corrected chi connectivity index (χ4v) is 3.79. The topological polar surface area (TPSA) is 76.6 Å². The first kappa shape index (κ1) is 22.1. The molecule has 0 aromatic heterocycles. The summed E-state index contributed by atoms with van der Waals surface area (Å²) in [5.41, 5.74) is 8.53. The molecule has 1 heterocycles. The normalized spacial score (nSPS) is 19.4. The van der Waals surface area contributed by atoms with Crippen LogP contribution in [0.3, 0.4) is 0 Å². The molecule has 2 aromatic rings. The molecule has 3 unspecified atom stereocenters. The molecule has 3 atom stereocenters. The Hall–Kier alpha value is -2.64. The van der Waals surface area contributed by atoms with Gasteiger partial charge in [-0.2, -0.15) is 0 Å². The number of amides is 2. The Morgan fingerprint density at radius 2 is 2.03 bits per heavy atom. The first-order valence-corrected chi connectivity index (χ1v) is 10.5. The first-order chi connectivity index (χ1) is 14.4. The van der Waals surface area contributed by atoms with Crippen molar-refractivity contribution in [2.75, 3.05) is 13.6 Å². The van der Waals surface area contributed by atoms with Crippen molar-refractivity contribution >= 4 is 6.03 Å². The number of aromatic hydroxyl groups is 1. The third-order valence-electron chi connectivity index (χ3n) is 5.47. The molecular formula is C23H31FN4O2. The number of urea groups is 1. The fourth-order valence-electron chi connectivity index (χ4n) is 3.79. The summed E-state index contributed by atoms with van der Waals surface area (Å²) in [6, 6.07) is 14.0. The molecule has 1 fully saturated rings. The van der Waals surface area contributed by atoms with Crippen molar-refractivity contribution in [2.45, 2.75) is 50.7 Å². The highest BCUT2D eigenvalue weighted by Crippen LogP contribution is 2.24. The van der Waals surface area contributed by atoms with Gasteiger partial charge in [0.05, 0.1) is 0 Å². The SMILES string of the molecule is CC(Cc1ccc(O)cc1)NC(=O)N(C)CCCC1CC(c2cccc(F)c2)NN1. The number of phenolic OH excluding ortho intramolecular Hbond substituents is 1. The first-order valence-electron chi connectivity index (χ1n) is 10.5. The van der Waals surface area contributed by atoms with Crippen LogP contribution in [-0.4, -0.2) is 41.7 Å². The Labute approximate surface area is 177 Å². The van der Waals surface area contributed by atoms with Crippen LogP contribution in [0.2, 0.25) is 0 Å². The molecule has 6 nitrogen and oxygen atoms in total. The predicted octanol–water partition coefficient (Wildman–Crippen LogP) is 3.49. The van der Waals surface area contributed by atoms with Crippen LogP contribution in [0.5, 0.6) is 5.75 Å². The van der Waals surface area contributed by atoms with Gasteiger partial charge in [0.1, 0.15) is 11.6 Å². The van der Waals surface area contributed by atoms with Gasteiger partial charge in [0.15, 0.2) is 0 Å². The van der Waals surface area contributed by atoms with Crippen LogP contribution in [0.4, 0.5) is 9.18 Å². The average molecular weight is 415 g/mol. The number of hydrazine groups is 1. The van der Waals surface area contributed by atoms with Gasteiger partial charge in [-0.3, -0.25) is 10.9 Å². The Morgan fingerprint density at radius 1 is 1.27 bits per heavy atom. The largest absolute Gasteiger partial charge is 0.508 e. The molecule has 7 heteroatoms. The van der Waals surface area contributed by atoms with E-state index in [1.165, 1.54) is 6.07 Å². The van der Waals surface area contributed by atoms with E-state index in [-0.39, 0.29) is 29.7 Å². The van der Waals surface area contributed by atoms with Gasteiger partial charge in [0.2, 0.25) is 0 Å². The minimum absolute atomic E-state index is 0.00258. The van der Waals surface area contributed by atoms with E-state index >= 15 is 0 Å². The summed E-state index contributed by atoms with van der Waals surface area (Å²) in [6.07, 6.45) is 3.41. The van der Waals surface area contributed by atoms with Crippen molar-refractivity contribution in [1.29, 1.82) is 0 Å². The van der Waals surface area contributed by atoms with Gasteiger partial charge in [-0.05, 0) is 68.0 Å². The summed E-state index contributed by atoms with van der Waals surface area (Å²) >= 11 is 0. The van der Waals surface area contributed by atoms with E-state index in [4.69, 9.17) is 0 Å². The van der Waals surface area contributed by atoms with E-state index in [1.54, 1.807) is 36.2 Å². The number of rotatable bonds is 8. The van der Waals surface area contributed by atoms with Crippen molar-refractivity contribution in [2.24, 2.45) is 0 Å². The van der Waals surface area contributed by atoms with E-state index in [1.807, 2.05) is 25.1 Å². The maximum atomic E-state index is 13.4. The van der Waals surface area contributed by atoms with Gasteiger partial charge in [-0.1, -0.05) is 24.3 Å². The minimum atomic E-state index is -0.218. The van der Waals surface area contributed by atoms with Gasteiger partial charge in [0.25, 0.3) is 0 Å². The van der Waals surface area contributed by atoms with E-state index < -0.39 is 0 Å². The van der Waals surface area contributed by atoms with E-state index in [2.05, 4.69) is 16.2 Å². The summed E-state index contributed by atoms with van der Waals surface area (Å²) in [7, 11) is 1.80. The summed E-state index contributed by atoms with van der Waals surface area (Å²) in [5.74, 6) is 0.0226. The molecule has 0 radical (unpaired) electrons. The van der Waals surface area contributed by atoms with Gasteiger partial charge in [-0.25, -0.2) is 9.18 Å². The Balaban J connectivity index is 1.35. The molecule has 3 rings (SSSR count). The van der Waals surface area contributed by atoms with Crippen molar-refractivity contribution in [3.63, 3.8) is 0 Å². The number of carbonyl (C=O) groups is 1. The lowest BCUT2D eigenvalue weighted by Gasteiger charge is -2.22. The third kappa shape index (κ3) is 6.43. The zero-order valence-electron chi connectivity index (χ0n) is 17.6. The second kappa shape index (κ2) is 10.4. The van der Waals surface area contributed by atoms with Crippen LogP contribution >= 0.6 is 0 Å². The van der Waals surface area contributed by atoms with Crippen molar-refractivity contribution in [3.8, 4) is 5.75 Å². The second-order valence-corrected chi connectivity index (χ2v) is 8.11. The summed E-state index contributed by atoms with van der Waals surface area (Å²) in [5, 5.41) is 12.4. The average Bonchev–Trinajstić information content (AvgIpc) is 3.18. The Kier molecular flexibility index (Phi) is 7.65. The van der Waals surface area contributed by atoms with Gasteiger partial charge < -0.3 is 15.3 Å². The standard InChI is InChI=1S/C23H31FN4O2/c1-16(13-17-8-10-21(29)11-9-17)25-23(30)28(2)12-4-7-20-15-22(27-26-20)18-5-3-6-19(24)14-18/h3,5-6,8-11,14,16,20,22,26-27,29H,4,7,12-13,15H2,1-2H3,(H,25,30). The van der Waals surface area contributed by atoms with Crippen molar-refractivity contribution in [3.05, 3.63) is 65.5 Å². The number of hydrogen-bond donors (Lipinski definition) is 4. The van der Waals surface area contributed by atoms with Gasteiger partial charge >= 0.3 is 6.03 Å². The number of nitrogens with one attached hydrogen (secondary N) is 3. The van der Waals surface area contributed by atoms with E-state index in [0.717, 1.165) is 30.4 Å². The molecule has 30 heavy (non-hydrogen) atoms. The molecule has 4 N–H and O–H groups in total. The quantitative estimate of drug-likeness (QED) is 0.533. The van der Waals surface area contributed by atoms with Crippen LogP contribution in [0, 0.1) is 5.82 Å². The molecule has 2 aromatic carbocycles. The summed E-state index contributed by atoms with van der Waals surface area (Å²) < 4.78 is 13.4. The fraction of sp³-hybridized carbons (Fsp3) is 0.435. The monoisotopic (exact) mass is 414 g/mol. The molecule has 0 saturated carbocycles. The highest BCUT2D eigenvalue weighted by molar-refractivity contribution is 5.74. The number of benzene rings is 2. The van der Waals surface area contributed by atoms with Crippen LogP contribution in [0.25, 0.3) is 0 Å². The Morgan fingerprint density at radius 3 is 2.77 bits per heavy atom. The smallest absolute Gasteiger partial charge is 0.317 e. The molecule has 0 spiro atoms. The minimum Gasteiger partial charge on any atom is -0.508 e. The zero-order chi connectivity index (χ0) is 21.5. The molecule has 1 aliphatic rings. The van der Waals surface area contributed by atoms with Crippen LogP contribution in [0.15, 0.2) is 48.5 Å². The molecule has 2 amide bonds. The Bertz CT molecular complexity index is 830. The van der Waals surface area contributed by atoms with Crippen LogP contribution in [0.1, 0.15) is 43.4 Å². The lowest BCUT2D eigenvalue weighted by atomic mass is 9.99. The molecule has 1 saturated heterocycles. The summed E-state index contributed by atoms with van der Waals surface area (Å²) in [4.78, 5) is 14.1. The molecule has 0 aliphatic carbocycles. The third-order valence-corrected chi connectivity index (χ3v) is 5.47. The van der Waals surface area contributed by atoms with Gasteiger partial charge in [-0.15, -0.1) is 0 Å². The molecule has 1 aliphatic heterocycles. The van der Waals surface area contributed by atoms with Gasteiger partial charge in [0, 0.05) is 31.7 Å². The lowest BCUT2D eigenvalue weighted by Crippen LogP contribution is -2.43. The molecule has 162 valence electrons. The van der Waals surface area contributed by atoms with Crippen LogP contribution in [-0.2, 0) is 6.42 Å². The summed E-state index contributed by atoms with van der Waals surface area (Å²) in [6.45, 7) is 2.64. The number of hydrogen-bond acceptors (Lipinski definition) is 4. The highest BCUT2D eigenvalue weighted by Gasteiger charge is 2.25. The van der Waals surface area contributed by atoms with Crippen molar-refractivity contribution in [1.82, 2.24) is 21.1 Å². The lowest BCUT2D eigenvalue weighted by molar-refractivity contribution is 0.204. The molecular weight excluding hydrogens is 383 g/mol. The zero-order valence-corrected chi connectivity index (χ0v) is 17.6. The molecule has 0 bridgehead atoms. The maximum Gasteiger partial charge on any atom is 0.317 e. The number of nitrogens with zero attached hydrogens (tertiary/aromatic N) is 1. The number of halogens is 1. The highest BCUT2D eigenvalue weighted by atomic mass is 19.1. The number of carbonyl (C=O) groups excluding carboxylic acids is 1. The second-order valence-electron chi connectivity index (χ2n) is 8.11. The van der Waals surface area contributed by atoms with E-state index in [0.29, 0.717) is 19.0 Å². The predicted molar refractivity (Wildman–Crippen MR) is 115 cm³/mol. The van der Waals surface area contributed by atoms with Crippen LogP contribution < -0.4 is 16.2 Å². The van der Waals surface area contributed by atoms with E-state index in [9.17, 15) is 14.3 Å².